The molecule has 0 aromatic heterocycles. The zero-order chi connectivity index (χ0) is 26.1. The van der Waals surface area contributed by atoms with Gasteiger partial charge in [-0.05, 0) is 35.9 Å². The van der Waals surface area contributed by atoms with Crippen LogP contribution < -0.4 is 9.47 Å². The number of carbonyl (C=O) groups excluding carboxylic acids is 1. The lowest BCUT2D eigenvalue weighted by atomic mass is 9.76. The highest BCUT2D eigenvalue weighted by molar-refractivity contribution is 6.38. The summed E-state index contributed by atoms with van der Waals surface area (Å²) in [7, 11) is 4.92. The van der Waals surface area contributed by atoms with Crippen LogP contribution in [0.5, 0.6) is 11.5 Å². The van der Waals surface area contributed by atoms with Gasteiger partial charge < -0.3 is 23.8 Å². The van der Waals surface area contributed by atoms with E-state index in [-0.39, 0.29) is 36.4 Å². The second-order valence-electron chi connectivity index (χ2n) is 9.02. The average molecular weight is 509 g/mol. The average Bonchev–Trinajstić information content (AvgIpc) is 3.11. The van der Waals surface area contributed by atoms with Crippen molar-refractivity contribution in [3.8, 4) is 11.5 Å². The normalized spacial score (nSPS) is 23.2. The van der Waals surface area contributed by atoms with E-state index < -0.39 is 30.3 Å². The van der Waals surface area contributed by atoms with Gasteiger partial charge in [0.25, 0.3) is 5.91 Å². The molecule has 2 aliphatic heterocycles. The molecule has 36 heavy (non-hydrogen) atoms. The minimum atomic E-state index is -4.74. The fourth-order valence-corrected chi connectivity index (χ4v) is 4.69. The first-order valence-corrected chi connectivity index (χ1v) is 11.4. The van der Waals surface area contributed by atoms with E-state index in [2.05, 4.69) is 4.74 Å². The topological polar surface area (TPSA) is 66.5 Å². The summed E-state index contributed by atoms with van der Waals surface area (Å²) in [5.74, 6) is -0.299. The Balaban J connectivity index is 1.48. The largest absolute Gasteiger partial charge is 0.522 e. The maximum Gasteiger partial charge on any atom is 0.522 e. The van der Waals surface area contributed by atoms with Gasteiger partial charge in [0.15, 0.2) is 27.2 Å². The van der Waals surface area contributed by atoms with Crippen molar-refractivity contribution in [2.24, 2.45) is 0 Å². The highest BCUT2D eigenvalue weighted by Gasteiger charge is 2.56. The maximum atomic E-state index is 14.0. The smallest absolute Gasteiger partial charge is 0.493 e. The number of amides is 1. The monoisotopic (exact) mass is 509 g/mol. The second-order valence-corrected chi connectivity index (χ2v) is 9.02. The summed E-state index contributed by atoms with van der Waals surface area (Å²) >= 11 is 0. The molecule has 2 saturated heterocycles. The Kier molecular flexibility index (Phi) is 7.27. The lowest BCUT2D eigenvalue weighted by molar-refractivity contribution is -0.325. The molecule has 0 spiro atoms. The molecule has 13 heteroatoms. The highest BCUT2D eigenvalue weighted by Crippen LogP contribution is 2.47. The lowest BCUT2D eigenvalue weighted by Crippen LogP contribution is -2.53. The van der Waals surface area contributed by atoms with Crippen molar-refractivity contribution >= 4 is 21.6 Å². The van der Waals surface area contributed by atoms with Gasteiger partial charge in [0.1, 0.15) is 24.1 Å². The molecule has 0 N–H and O–H groups in total. The second kappa shape index (κ2) is 9.95. The molecule has 0 radical (unpaired) electrons. The first kappa shape index (κ1) is 26.3. The summed E-state index contributed by atoms with van der Waals surface area (Å²) in [6, 6.07) is 10.6. The standard InChI is InChI=1S/C23H25B2F4NO6/c1-32-18-11-14(5-6-17(18)33-9-10-34-23(27,28)29)20(31)30-8-7-21(15-3-2-4-16(26)12-15)19(13-30)35-22(24,25)36-21/h2-6,11-12,19H,7-10,13,24-25H2,1H3/t19-,21-/m1/s1. The van der Waals surface area contributed by atoms with Crippen molar-refractivity contribution in [2.75, 3.05) is 33.4 Å². The summed E-state index contributed by atoms with van der Waals surface area (Å²) in [6.07, 6.45) is -4.87. The molecular formula is C23H25B2F4NO6. The predicted molar refractivity (Wildman–Crippen MR) is 125 cm³/mol. The maximum absolute atomic E-state index is 14.0. The number of alkyl halides is 3. The van der Waals surface area contributed by atoms with E-state index in [1.54, 1.807) is 32.7 Å². The number of ether oxygens (including phenoxy) is 5. The first-order valence-electron chi connectivity index (χ1n) is 11.4. The van der Waals surface area contributed by atoms with Gasteiger partial charge in [0, 0.05) is 18.5 Å². The quantitative estimate of drug-likeness (QED) is 0.323. The van der Waals surface area contributed by atoms with Gasteiger partial charge in [-0.1, -0.05) is 12.1 Å². The van der Waals surface area contributed by atoms with Crippen molar-refractivity contribution in [3.63, 3.8) is 0 Å². The summed E-state index contributed by atoms with van der Waals surface area (Å²) in [6.45, 7) is -0.491. The van der Waals surface area contributed by atoms with Crippen molar-refractivity contribution in [1.82, 2.24) is 4.90 Å². The Morgan fingerprint density at radius 2 is 1.94 bits per heavy atom. The first-order chi connectivity index (χ1) is 16.9. The molecule has 7 nitrogen and oxygen atoms in total. The van der Waals surface area contributed by atoms with E-state index in [9.17, 15) is 22.4 Å². The SMILES string of the molecule is BC1(B)O[C@@H]2CN(C(=O)c3ccc(OCCOC(F)(F)F)c(OC)c3)CC[C@]2(c2cccc(F)c2)O1. The van der Waals surface area contributed by atoms with E-state index in [0.29, 0.717) is 24.1 Å². The van der Waals surface area contributed by atoms with Crippen molar-refractivity contribution in [2.45, 2.75) is 30.1 Å². The van der Waals surface area contributed by atoms with Crippen LogP contribution in [0.25, 0.3) is 0 Å². The predicted octanol–water partition coefficient (Wildman–Crippen LogP) is 1.78. The Morgan fingerprint density at radius 3 is 2.64 bits per heavy atom. The van der Waals surface area contributed by atoms with Gasteiger partial charge in [0.2, 0.25) is 0 Å². The van der Waals surface area contributed by atoms with Gasteiger partial charge in [-0.25, -0.2) is 4.39 Å². The number of rotatable bonds is 7. The minimum absolute atomic E-state index is 0.179. The third-order valence-electron chi connectivity index (χ3n) is 6.13. The van der Waals surface area contributed by atoms with E-state index in [0.717, 1.165) is 0 Å². The van der Waals surface area contributed by atoms with Gasteiger partial charge in [-0.2, -0.15) is 0 Å². The third-order valence-corrected chi connectivity index (χ3v) is 6.13. The van der Waals surface area contributed by atoms with Crippen LogP contribution >= 0.6 is 0 Å². The molecule has 0 aliphatic carbocycles. The zero-order valence-electron chi connectivity index (χ0n) is 20.1. The van der Waals surface area contributed by atoms with Crippen LogP contribution in [0.3, 0.4) is 0 Å². The summed E-state index contributed by atoms with van der Waals surface area (Å²) in [4.78, 5) is 14.9. The molecular weight excluding hydrogens is 484 g/mol. The summed E-state index contributed by atoms with van der Waals surface area (Å²) in [5, 5.41) is 0. The molecule has 4 rings (SSSR count). The number of piperidine rings is 1. The molecule has 2 aromatic rings. The van der Waals surface area contributed by atoms with E-state index >= 15 is 0 Å². The van der Waals surface area contributed by atoms with Crippen LogP contribution in [0, 0.1) is 5.82 Å². The number of carbonyl (C=O) groups is 1. The Morgan fingerprint density at radius 1 is 1.17 bits per heavy atom. The van der Waals surface area contributed by atoms with Crippen molar-refractivity contribution in [1.29, 1.82) is 0 Å². The Hall–Kier alpha value is -2.76. The van der Waals surface area contributed by atoms with E-state index in [1.807, 2.05) is 0 Å². The fourth-order valence-electron chi connectivity index (χ4n) is 4.69. The number of nitrogens with zero attached hydrogens (tertiary/aromatic N) is 1. The highest BCUT2D eigenvalue weighted by atomic mass is 19.4. The van der Waals surface area contributed by atoms with Crippen molar-refractivity contribution < 1.29 is 46.0 Å². The minimum Gasteiger partial charge on any atom is -0.493 e. The zero-order valence-corrected chi connectivity index (χ0v) is 20.1. The van der Waals surface area contributed by atoms with Crippen LogP contribution in [0.1, 0.15) is 22.3 Å². The molecule has 0 unspecified atom stereocenters. The van der Waals surface area contributed by atoms with Crippen LogP contribution in [0.2, 0.25) is 0 Å². The molecule has 1 amide bonds. The number of halogens is 4. The molecule has 2 fully saturated rings. The van der Waals surface area contributed by atoms with Crippen LogP contribution in [-0.4, -0.2) is 78.0 Å². The Bertz CT molecular complexity index is 1120. The van der Waals surface area contributed by atoms with E-state index in [1.165, 1.54) is 37.4 Å². The number of likely N-dealkylation sites (tertiary alicyclic amines) is 1. The molecule has 2 atom stereocenters. The number of fused-ring (bicyclic) bond motifs is 1. The molecule has 0 saturated carbocycles. The van der Waals surface area contributed by atoms with E-state index in [4.69, 9.17) is 18.9 Å². The molecule has 2 aliphatic rings. The third kappa shape index (κ3) is 5.63. The number of methoxy groups -OCH3 is 1. The van der Waals surface area contributed by atoms with Crippen LogP contribution in [-0.2, 0) is 19.8 Å². The lowest BCUT2D eigenvalue weighted by Gasteiger charge is -2.42. The molecule has 2 aromatic carbocycles. The molecule has 192 valence electrons. The van der Waals surface area contributed by atoms with Crippen LogP contribution in [0.4, 0.5) is 17.6 Å². The Labute approximate surface area is 207 Å². The molecule has 0 bridgehead atoms. The fraction of sp³-hybridized carbons (Fsp3) is 0.435. The van der Waals surface area contributed by atoms with Gasteiger partial charge in [-0.15, -0.1) is 13.2 Å². The number of hydrogen-bond acceptors (Lipinski definition) is 6. The number of benzene rings is 2. The van der Waals surface area contributed by atoms with Gasteiger partial charge in [-0.3, -0.25) is 9.53 Å². The van der Waals surface area contributed by atoms with Gasteiger partial charge in [0.05, 0.1) is 25.8 Å². The van der Waals surface area contributed by atoms with Crippen LogP contribution in [0.15, 0.2) is 42.5 Å². The summed E-state index contributed by atoms with van der Waals surface area (Å²) < 4.78 is 77.1. The van der Waals surface area contributed by atoms with Gasteiger partial charge >= 0.3 is 6.36 Å². The van der Waals surface area contributed by atoms with Crippen molar-refractivity contribution in [3.05, 3.63) is 59.4 Å². The number of hydrogen-bond donors (Lipinski definition) is 0. The summed E-state index contributed by atoms with van der Waals surface area (Å²) in [5.41, 5.74) is -0.852. The molecule has 2 heterocycles.